The van der Waals surface area contributed by atoms with Crippen LogP contribution in [0.3, 0.4) is 0 Å². The molecule has 1 aromatic carbocycles. The topological polar surface area (TPSA) is 9.23 Å². The van der Waals surface area contributed by atoms with Gasteiger partial charge in [-0.15, -0.1) is 0 Å². The smallest absolute Gasteiger partial charge is 0.416 e. The molecule has 0 unspecified atom stereocenters. The average Bonchev–Trinajstić information content (AvgIpc) is 2.54. The number of aryl methyl sites for hydroxylation is 1. The Morgan fingerprint density at radius 3 is 1.96 bits per heavy atom. The first-order chi connectivity index (χ1) is 10.9. The van der Waals surface area contributed by atoms with Gasteiger partial charge in [-0.3, -0.25) is 0 Å². The first kappa shape index (κ1) is 20.2. The summed E-state index contributed by atoms with van der Waals surface area (Å²) in [5.41, 5.74) is 0.497. The summed E-state index contributed by atoms with van der Waals surface area (Å²) in [5.74, 6) is 0. The normalized spacial score (nSPS) is 12.7. The molecule has 1 nitrogen and oxygen atoms in total. The van der Waals surface area contributed by atoms with E-state index in [1.165, 1.54) is 12.1 Å². The molecule has 0 aromatic heterocycles. The van der Waals surface area contributed by atoms with Crippen LogP contribution in [0, 0.1) is 0 Å². The maximum atomic E-state index is 12.5. The summed E-state index contributed by atoms with van der Waals surface area (Å²) < 4.78 is 43.3. The first-order valence-corrected chi connectivity index (χ1v) is 9.40. The Hall–Kier alpha value is -0.813. The van der Waals surface area contributed by atoms with Crippen LogP contribution in [0.2, 0.25) is 0 Å². The van der Waals surface area contributed by atoms with Crippen molar-refractivity contribution in [3.05, 3.63) is 35.4 Å². The zero-order valence-electron chi connectivity index (χ0n) is 14.5. The van der Waals surface area contributed by atoms with E-state index < -0.39 is 11.7 Å². The van der Waals surface area contributed by atoms with Crippen LogP contribution in [0.15, 0.2) is 24.3 Å². The van der Waals surface area contributed by atoms with Gasteiger partial charge in [0.2, 0.25) is 0 Å². The number of unbranched alkanes of at least 4 members (excludes halogenated alkanes) is 3. The van der Waals surface area contributed by atoms with Crippen molar-refractivity contribution >= 4 is 10.5 Å². The zero-order chi connectivity index (χ0) is 17.3. The van der Waals surface area contributed by atoms with Crippen LogP contribution in [0.25, 0.3) is 0 Å². The van der Waals surface area contributed by atoms with Gasteiger partial charge in [0.25, 0.3) is 0 Å². The first-order valence-electron chi connectivity index (χ1n) is 8.58. The lowest BCUT2D eigenvalue weighted by Crippen LogP contribution is -2.30. The van der Waals surface area contributed by atoms with Crippen molar-refractivity contribution in [2.45, 2.75) is 77.0 Å². The molecular weight excluding hydrogens is 317 g/mol. The van der Waals surface area contributed by atoms with Gasteiger partial charge >= 0.3 is 6.18 Å². The zero-order valence-corrected chi connectivity index (χ0v) is 16.5. The molecule has 0 radical (unpaired) electrons. The maximum absolute atomic E-state index is 12.5. The Balaban J connectivity index is 2.25. The van der Waals surface area contributed by atoms with E-state index in [1.54, 1.807) is 12.1 Å². The number of hydrogen-bond acceptors (Lipinski definition) is 1. The van der Waals surface area contributed by atoms with E-state index in [2.05, 4.69) is 13.8 Å². The molecule has 23 heavy (non-hydrogen) atoms. The van der Waals surface area contributed by atoms with Crippen LogP contribution >= 0.6 is 0 Å². The van der Waals surface area contributed by atoms with Crippen molar-refractivity contribution < 1.29 is 17.6 Å². The highest BCUT2D eigenvalue weighted by atomic mass is 28.2. The molecule has 0 saturated carbocycles. The molecule has 1 rings (SSSR count). The largest absolute Gasteiger partial charge is 0.422 e. The molecule has 132 valence electrons. The summed E-state index contributed by atoms with van der Waals surface area (Å²) in [6.07, 6.45) is 4.32. The van der Waals surface area contributed by atoms with Crippen LogP contribution in [0.4, 0.5) is 13.2 Å². The van der Waals surface area contributed by atoms with Crippen LogP contribution in [0.5, 0.6) is 0 Å². The van der Waals surface area contributed by atoms with Gasteiger partial charge in [0.15, 0.2) is 0 Å². The molecule has 5 heteroatoms. The lowest BCUT2D eigenvalue weighted by molar-refractivity contribution is -0.137. The summed E-state index contributed by atoms with van der Waals surface area (Å²) in [7, 11) is 0.784. The molecule has 1 aromatic rings. The fourth-order valence-corrected chi connectivity index (χ4v) is 3.77. The van der Waals surface area contributed by atoms with Crippen molar-refractivity contribution in [1.82, 2.24) is 0 Å². The van der Waals surface area contributed by atoms with E-state index in [-0.39, 0.29) is 5.60 Å². The van der Waals surface area contributed by atoms with E-state index in [0.717, 1.165) is 67.4 Å². The second kappa shape index (κ2) is 9.47. The Morgan fingerprint density at radius 1 is 0.913 bits per heavy atom. The molecule has 0 heterocycles. The standard InChI is InChI=1S/C18H29F3OSi/c1-3-17(4-2,22-23)14-8-6-5-7-9-15-10-12-16(13-11-15)18(19,20)21/h10-13H,3-9,14H2,1-2,23H3. The van der Waals surface area contributed by atoms with Crippen LogP contribution in [-0.4, -0.2) is 16.1 Å². The summed E-state index contributed by atoms with van der Waals surface area (Å²) in [4.78, 5) is 0. The summed E-state index contributed by atoms with van der Waals surface area (Å²) in [6.45, 7) is 4.37. The van der Waals surface area contributed by atoms with Crippen molar-refractivity contribution in [3.8, 4) is 0 Å². The second-order valence-electron chi connectivity index (χ2n) is 6.20. The Labute approximate surface area is 141 Å². The minimum absolute atomic E-state index is 0.0830. The van der Waals surface area contributed by atoms with Crippen LogP contribution < -0.4 is 0 Å². The van der Waals surface area contributed by atoms with E-state index in [9.17, 15) is 13.2 Å². The molecule has 0 atom stereocenters. The third-order valence-electron chi connectivity index (χ3n) is 4.85. The van der Waals surface area contributed by atoms with Crippen molar-refractivity contribution in [1.29, 1.82) is 0 Å². The Morgan fingerprint density at radius 2 is 1.48 bits per heavy atom. The molecule has 0 aliphatic heterocycles. The van der Waals surface area contributed by atoms with Gasteiger partial charge in [-0.05, 0) is 49.8 Å². The summed E-state index contributed by atoms with van der Waals surface area (Å²) in [6, 6.07) is 5.54. The fourth-order valence-electron chi connectivity index (χ4n) is 2.98. The highest BCUT2D eigenvalue weighted by Gasteiger charge is 2.29. The molecule has 0 aliphatic rings. The lowest BCUT2D eigenvalue weighted by Gasteiger charge is -2.31. The Bertz CT molecular complexity index is 430. The molecule has 0 spiro atoms. The summed E-state index contributed by atoms with van der Waals surface area (Å²) in [5, 5.41) is 0. The molecular formula is C18H29F3OSi. The van der Waals surface area contributed by atoms with Gasteiger partial charge in [-0.25, -0.2) is 0 Å². The minimum Gasteiger partial charge on any atom is -0.422 e. The van der Waals surface area contributed by atoms with E-state index in [0.29, 0.717) is 0 Å². The highest BCUT2D eigenvalue weighted by molar-refractivity contribution is 5.98. The molecule has 0 bridgehead atoms. The van der Waals surface area contributed by atoms with E-state index in [4.69, 9.17) is 4.43 Å². The second-order valence-corrected chi connectivity index (χ2v) is 6.61. The molecule has 0 N–H and O–H groups in total. The van der Waals surface area contributed by atoms with Crippen LogP contribution in [-0.2, 0) is 17.0 Å². The lowest BCUT2D eigenvalue weighted by atomic mass is 9.90. The van der Waals surface area contributed by atoms with Gasteiger partial charge in [0, 0.05) is 0 Å². The molecule has 0 fully saturated rings. The Kier molecular flexibility index (Phi) is 8.33. The highest BCUT2D eigenvalue weighted by Crippen LogP contribution is 2.29. The van der Waals surface area contributed by atoms with Gasteiger partial charge in [-0.1, -0.05) is 45.2 Å². The number of halogens is 3. The van der Waals surface area contributed by atoms with E-state index >= 15 is 0 Å². The van der Waals surface area contributed by atoms with Crippen molar-refractivity contribution in [2.75, 3.05) is 0 Å². The summed E-state index contributed by atoms with van der Waals surface area (Å²) >= 11 is 0. The molecule has 0 saturated heterocycles. The quantitative estimate of drug-likeness (QED) is 0.425. The number of benzene rings is 1. The van der Waals surface area contributed by atoms with Crippen LogP contribution in [0.1, 0.15) is 69.9 Å². The molecule has 0 amide bonds. The third-order valence-corrected chi connectivity index (χ3v) is 5.72. The predicted molar refractivity (Wildman–Crippen MR) is 92.6 cm³/mol. The predicted octanol–water partition coefficient (Wildman–Crippen LogP) is 5.05. The van der Waals surface area contributed by atoms with Gasteiger partial charge in [-0.2, -0.15) is 13.2 Å². The van der Waals surface area contributed by atoms with Crippen molar-refractivity contribution in [3.63, 3.8) is 0 Å². The van der Waals surface area contributed by atoms with Gasteiger partial charge < -0.3 is 4.43 Å². The van der Waals surface area contributed by atoms with E-state index in [1.807, 2.05) is 0 Å². The van der Waals surface area contributed by atoms with Gasteiger partial charge in [0.1, 0.15) is 10.5 Å². The number of alkyl halides is 3. The number of rotatable bonds is 10. The number of hydrogen-bond donors (Lipinski definition) is 0. The molecule has 0 aliphatic carbocycles. The maximum Gasteiger partial charge on any atom is 0.416 e. The SMILES string of the molecule is CCC(CC)(CCCCCCc1ccc(C(F)(F)F)cc1)O[SiH3]. The van der Waals surface area contributed by atoms with Crippen molar-refractivity contribution in [2.24, 2.45) is 0 Å². The monoisotopic (exact) mass is 346 g/mol. The third kappa shape index (κ3) is 6.67. The minimum atomic E-state index is -4.24. The average molecular weight is 347 g/mol. The van der Waals surface area contributed by atoms with Gasteiger partial charge in [0.05, 0.1) is 11.2 Å². The fraction of sp³-hybridized carbons (Fsp3) is 0.667.